The van der Waals surface area contributed by atoms with Gasteiger partial charge in [0.1, 0.15) is 0 Å². The van der Waals surface area contributed by atoms with Crippen LogP contribution < -0.4 is 5.32 Å². The second-order valence-electron chi connectivity index (χ2n) is 4.40. The summed E-state index contributed by atoms with van der Waals surface area (Å²) in [5.74, 6) is 2.26. The van der Waals surface area contributed by atoms with Gasteiger partial charge in [-0.2, -0.15) is 0 Å². The van der Waals surface area contributed by atoms with E-state index in [2.05, 4.69) is 12.2 Å². The average Bonchev–Trinajstić information content (AvgIpc) is 2.61. The maximum atomic E-state index is 11.6. The molecular formula is C10H19NO2S. The minimum Gasteiger partial charge on any atom is -0.381 e. The van der Waals surface area contributed by atoms with Gasteiger partial charge in [-0.25, -0.2) is 0 Å². The fraction of sp³-hybridized carbons (Fsp3) is 1.00. The lowest BCUT2D eigenvalue weighted by Gasteiger charge is -2.23. The van der Waals surface area contributed by atoms with Gasteiger partial charge in [-0.1, -0.05) is 0 Å². The third kappa shape index (κ3) is 2.55. The van der Waals surface area contributed by atoms with Crippen LogP contribution >= 0.6 is 0 Å². The molecule has 4 unspecified atom stereocenters. The van der Waals surface area contributed by atoms with Crippen LogP contribution in [0.1, 0.15) is 19.8 Å². The van der Waals surface area contributed by atoms with Crippen molar-refractivity contribution in [2.45, 2.75) is 31.8 Å². The first-order valence-electron chi connectivity index (χ1n) is 5.44. The fourth-order valence-corrected chi connectivity index (χ4v) is 3.78. The Morgan fingerprint density at radius 2 is 2.29 bits per heavy atom. The molecule has 2 aliphatic heterocycles. The SMILES string of the molecule is CC1CCS(=O)CC(C2CCOC2)N1. The Morgan fingerprint density at radius 3 is 3.00 bits per heavy atom. The maximum Gasteiger partial charge on any atom is 0.0510 e. The highest BCUT2D eigenvalue weighted by molar-refractivity contribution is 7.85. The van der Waals surface area contributed by atoms with Crippen molar-refractivity contribution in [1.82, 2.24) is 5.32 Å². The molecule has 2 saturated heterocycles. The topological polar surface area (TPSA) is 38.3 Å². The summed E-state index contributed by atoms with van der Waals surface area (Å²) < 4.78 is 17.0. The lowest BCUT2D eigenvalue weighted by molar-refractivity contribution is 0.177. The summed E-state index contributed by atoms with van der Waals surface area (Å²) in [6.07, 6.45) is 2.16. The quantitative estimate of drug-likeness (QED) is 0.696. The van der Waals surface area contributed by atoms with Crippen molar-refractivity contribution in [3.05, 3.63) is 0 Å². The van der Waals surface area contributed by atoms with Gasteiger partial charge in [0.25, 0.3) is 0 Å². The molecule has 0 aromatic carbocycles. The van der Waals surface area contributed by atoms with E-state index in [1.165, 1.54) is 0 Å². The average molecular weight is 217 g/mol. The van der Waals surface area contributed by atoms with Crippen LogP contribution in [0.25, 0.3) is 0 Å². The van der Waals surface area contributed by atoms with Gasteiger partial charge in [0.15, 0.2) is 0 Å². The van der Waals surface area contributed by atoms with Crippen LogP contribution in [0.2, 0.25) is 0 Å². The van der Waals surface area contributed by atoms with Crippen LogP contribution in [0.5, 0.6) is 0 Å². The van der Waals surface area contributed by atoms with Gasteiger partial charge in [0.05, 0.1) is 6.61 Å². The Bertz CT molecular complexity index is 216. The lowest BCUT2D eigenvalue weighted by atomic mass is 9.99. The molecule has 0 aromatic heterocycles. The lowest BCUT2D eigenvalue weighted by Crippen LogP contribution is -2.43. The van der Waals surface area contributed by atoms with E-state index >= 15 is 0 Å². The molecule has 14 heavy (non-hydrogen) atoms. The van der Waals surface area contributed by atoms with Crippen LogP contribution in [0.4, 0.5) is 0 Å². The number of rotatable bonds is 1. The predicted octanol–water partition coefficient (Wildman–Crippen LogP) is 0.522. The minimum absolute atomic E-state index is 0.413. The molecule has 4 atom stereocenters. The van der Waals surface area contributed by atoms with Crippen LogP contribution in [-0.2, 0) is 15.5 Å². The van der Waals surface area contributed by atoms with Crippen LogP contribution in [-0.4, -0.2) is 41.0 Å². The second kappa shape index (κ2) is 4.73. The van der Waals surface area contributed by atoms with Gasteiger partial charge < -0.3 is 10.1 Å². The molecule has 0 amide bonds. The fourth-order valence-electron chi connectivity index (χ4n) is 2.23. The van der Waals surface area contributed by atoms with E-state index in [9.17, 15) is 4.21 Å². The van der Waals surface area contributed by atoms with Crippen LogP contribution in [0, 0.1) is 5.92 Å². The molecule has 0 saturated carbocycles. The van der Waals surface area contributed by atoms with Gasteiger partial charge in [-0.3, -0.25) is 4.21 Å². The van der Waals surface area contributed by atoms with Crippen molar-refractivity contribution in [2.75, 3.05) is 24.7 Å². The van der Waals surface area contributed by atoms with Crippen molar-refractivity contribution in [3.8, 4) is 0 Å². The summed E-state index contributed by atoms with van der Waals surface area (Å²) in [5, 5.41) is 3.58. The summed E-state index contributed by atoms with van der Waals surface area (Å²) in [5.41, 5.74) is 0. The Morgan fingerprint density at radius 1 is 1.43 bits per heavy atom. The molecule has 2 rings (SSSR count). The molecule has 4 heteroatoms. The van der Waals surface area contributed by atoms with Crippen molar-refractivity contribution >= 4 is 10.8 Å². The van der Waals surface area contributed by atoms with Crippen molar-refractivity contribution < 1.29 is 8.95 Å². The molecule has 2 heterocycles. The van der Waals surface area contributed by atoms with Crippen molar-refractivity contribution in [3.63, 3.8) is 0 Å². The van der Waals surface area contributed by atoms with Gasteiger partial charge in [-0.05, 0) is 19.8 Å². The Hall–Kier alpha value is 0.0700. The van der Waals surface area contributed by atoms with E-state index in [1.54, 1.807) is 0 Å². The van der Waals surface area contributed by atoms with E-state index in [0.29, 0.717) is 18.0 Å². The molecular weight excluding hydrogens is 198 g/mol. The Labute approximate surface area is 88.0 Å². The largest absolute Gasteiger partial charge is 0.381 e. The number of hydrogen-bond acceptors (Lipinski definition) is 3. The van der Waals surface area contributed by atoms with Gasteiger partial charge in [-0.15, -0.1) is 0 Å². The summed E-state index contributed by atoms with van der Waals surface area (Å²) >= 11 is 0. The number of hydrogen-bond donors (Lipinski definition) is 1. The maximum absolute atomic E-state index is 11.6. The zero-order valence-corrected chi connectivity index (χ0v) is 9.52. The van der Waals surface area contributed by atoms with Crippen LogP contribution in [0.15, 0.2) is 0 Å². The smallest absolute Gasteiger partial charge is 0.0510 e. The predicted molar refractivity (Wildman–Crippen MR) is 57.8 cm³/mol. The first-order valence-corrected chi connectivity index (χ1v) is 6.93. The third-order valence-corrected chi connectivity index (χ3v) is 4.60. The van der Waals surface area contributed by atoms with Gasteiger partial charge >= 0.3 is 0 Å². The molecule has 0 bridgehead atoms. The summed E-state index contributed by atoms with van der Waals surface area (Å²) in [6, 6.07) is 0.919. The zero-order chi connectivity index (χ0) is 9.97. The second-order valence-corrected chi connectivity index (χ2v) is 6.02. The summed E-state index contributed by atoms with van der Waals surface area (Å²) in [4.78, 5) is 0. The monoisotopic (exact) mass is 217 g/mol. The first-order chi connectivity index (χ1) is 6.75. The van der Waals surface area contributed by atoms with E-state index in [0.717, 1.165) is 37.6 Å². The van der Waals surface area contributed by atoms with Crippen molar-refractivity contribution in [1.29, 1.82) is 0 Å². The normalized spacial score (nSPS) is 44.9. The molecule has 2 fully saturated rings. The minimum atomic E-state index is -0.622. The molecule has 0 aromatic rings. The third-order valence-electron chi connectivity index (χ3n) is 3.18. The molecule has 0 spiro atoms. The van der Waals surface area contributed by atoms with Gasteiger partial charge in [0, 0.05) is 46.9 Å². The number of nitrogens with one attached hydrogen (secondary N) is 1. The molecule has 0 aliphatic carbocycles. The summed E-state index contributed by atoms with van der Waals surface area (Å²) in [7, 11) is -0.622. The van der Waals surface area contributed by atoms with Gasteiger partial charge in [0.2, 0.25) is 0 Å². The molecule has 82 valence electrons. The van der Waals surface area contributed by atoms with E-state index in [-0.39, 0.29) is 0 Å². The molecule has 0 radical (unpaired) electrons. The van der Waals surface area contributed by atoms with E-state index in [4.69, 9.17) is 4.74 Å². The van der Waals surface area contributed by atoms with Crippen molar-refractivity contribution in [2.24, 2.45) is 5.92 Å². The highest BCUT2D eigenvalue weighted by atomic mass is 32.2. The molecule has 1 N–H and O–H groups in total. The number of ether oxygens (including phenoxy) is 1. The Balaban J connectivity index is 1.97. The standard InChI is InChI=1S/C10H19NO2S/c1-8-3-5-14(12)7-10(11-8)9-2-4-13-6-9/h8-11H,2-7H2,1H3. The van der Waals surface area contributed by atoms with Crippen LogP contribution in [0.3, 0.4) is 0 Å². The highest BCUT2D eigenvalue weighted by Gasteiger charge is 2.29. The molecule has 2 aliphatic rings. The van der Waals surface area contributed by atoms with E-state index < -0.39 is 10.8 Å². The Kier molecular flexibility index (Phi) is 3.57. The zero-order valence-electron chi connectivity index (χ0n) is 8.70. The summed E-state index contributed by atoms with van der Waals surface area (Å²) in [6.45, 7) is 3.91. The first kappa shape index (κ1) is 10.6. The van der Waals surface area contributed by atoms with E-state index in [1.807, 2.05) is 0 Å². The highest BCUT2D eigenvalue weighted by Crippen LogP contribution is 2.20. The molecule has 3 nitrogen and oxygen atoms in total.